The zero-order valence-corrected chi connectivity index (χ0v) is 10.6. The first-order valence-electron chi connectivity index (χ1n) is 6.97. The molecule has 17 heavy (non-hydrogen) atoms. The van der Waals surface area contributed by atoms with Crippen molar-refractivity contribution in [2.24, 2.45) is 5.41 Å². The van der Waals surface area contributed by atoms with Gasteiger partial charge in [0.25, 0.3) is 0 Å². The molecular formula is C15H22FN. The summed E-state index contributed by atoms with van der Waals surface area (Å²) in [6, 6.07) is 2.56. The van der Waals surface area contributed by atoms with E-state index in [4.69, 9.17) is 0 Å². The number of rotatable bonds is 2. The third kappa shape index (κ3) is 3.31. The Morgan fingerprint density at radius 2 is 2.06 bits per heavy atom. The van der Waals surface area contributed by atoms with Crippen LogP contribution in [-0.4, -0.2) is 6.17 Å². The first kappa shape index (κ1) is 12.6. The van der Waals surface area contributed by atoms with Crippen molar-refractivity contribution in [3.05, 3.63) is 11.6 Å². The van der Waals surface area contributed by atoms with Crippen LogP contribution in [0.2, 0.25) is 0 Å². The third-order valence-electron chi connectivity index (χ3n) is 4.30. The molecule has 0 saturated heterocycles. The molecule has 2 aliphatic rings. The van der Waals surface area contributed by atoms with E-state index in [9.17, 15) is 9.65 Å². The van der Waals surface area contributed by atoms with Gasteiger partial charge < -0.3 is 0 Å². The zero-order valence-electron chi connectivity index (χ0n) is 10.6. The number of halogens is 1. The molecule has 0 aliphatic heterocycles. The summed E-state index contributed by atoms with van der Waals surface area (Å²) in [5, 5.41) is 9.44. The molecule has 1 nitrogen and oxygen atoms in total. The summed E-state index contributed by atoms with van der Waals surface area (Å²) in [5.41, 5.74) is 1.22. The average molecular weight is 235 g/mol. The fourth-order valence-electron chi connectivity index (χ4n) is 3.21. The van der Waals surface area contributed by atoms with Crippen molar-refractivity contribution in [1.82, 2.24) is 0 Å². The summed E-state index contributed by atoms with van der Waals surface area (Å²) < 4.78 is 13.3. The Morgan fingerprint density at radius 1 is 1.29 bits per heavy atom. The number of alkyl halides is 1. The first-order chi connectivity index (χ1) is 8.24. The molecule has 0 aromatic carbocycles. The van der Waals surface area contributed by atoms with Gasteiger partial charge >= 0.3 is 0 Å². The molecule has 0 heterocycles. The Bertz CT molecular complexity index is 320. The predicted octanol–water partition coefficient (Wildman–Crippen LogP) is 4.69. The lowest BCUT2D eigenvalue weighted by Crippen LogP contribution is -2.22. The van der Waals surface area contributed by atoms with E-state index < -0.39 is 6.17 Å². The molecular weight excluding hydrogens is 213 g/mol. The van der Waals surface area contributed by atoms with E-state index in [0.29, 0.717) is 12.8 Å². The van der Waals surface area contributed by atoms with Crippen LogP contribution < -0.4 is 0 Å². The third-order valence-corrected chi connectivity index (χ3v) is 4.30. The van der Waals surface area contributed by atoms with Crippen molar-refractivity contribution >= 4 is 0 Å². The molecule has 2 aliphatic carbocycles. The van der Waals surface area contributed by atoms with E-state index in [1.807, 2.05) is 0 Å². The van der Waals surface area contributed by atoms with Crippen molar-refractivity contribution < 1.29 is 4.39 Å². The van der Waals surface area contributed by atoms with Crippen molar-refractivity contribution in [2.45, 2.75) is 70.4 Å². The lowest BCUT2D eigenvalue weighted by atomic mass is 9.71. The number of allylic oxidation sites excluding steroid dienone is 2. The second kappa shape index (κ2) is 5.67. The van der Waals surface area contributed by atoms with Gasteiger partial charge in [-0.2, -0.15) is 5.26 Å². The van der Waals surface area contributed by atoms with Crippen LogP contribution in [0, 0.1) is 16.7 Å². The maximum absolute atomic E-state index is 13.3. The zero-order chi connectivity index (χ0) is 12.1. The van der Waals surface area contributed by atoms with Gasteiger partial charge in [0.1, 0.15) is 6.17 Å². The van der Waals surface area contributed by atoms with Crippen molar-refractivity contribution in [2.75, 3.05) is 0 Å². The predicted molar refractivity (Wildman–Crippen MR) is 67.2 cm³/mol. The molecule has 2 heteroatoms. The fourth-order valence-corrected chi connectivity index (χ4v) is 3.21. The van der Waals surface area contributed by atoms with Gasteiger partial charge in [0.2, 0.25) is 0 Å². The Hall–Kier alpha value is -0.840. The van der Waals surface area contributed by atoms with Crippen LogP contribution in [0.5, 0.6) is 0 Å². The minimum Gasteiger partial charge on any atom is -0.247 e. The lowest BCUT2D eigenvalue weighted by molar-refractivity contribution is 0.260. The maximum Gasteiger partial charge on any atom is 0.101 e. The van der Waals surface area contributed by atoms with Crippen LogP contribution in [0.1, 0.15) is 64.2 Å². The van der Waals surface area contributed by atoms with Crippen molar-refractivity contribution in [3.8, 4) is 6.07 Å². The summed E-state index contributed by atoms with van der Waals surface area (Å²) in [4.78, 5) is 0. The molecule has 0 N–H and O–H groups in total. The molecule has 1 saturated carbocycles. The van der Waals surface area contributed by atoms with Crippen molar-refractivity contribution in [1.29, 1.82) is 5.26 Å². The largest absolute Gasteiger partial charge is 0.247 e. The van der Waals surface area contributed by atoms with Gasteiger partial charge in [-0.25, -0.2) is 4.39 Å². The SMILES string of the molecule is N#CC1(CC2=CCCC(F)CC2)CCCCC1. The summed E-state index contributed by atoms with van der Waals surface area (Å²) >= 11 is 0. The molecule has 0 radical (unpaired) electrons. The number of hydrogen-bond acceptors (Lipinski definition) is 1. The second-order valence-electron chi connectivity index (χ2n) is 5.71. The van der Waals surface area contributed by atoms with Crippen LogP contribution in [0.3, 0.4) is 0 Å². The summed E-state index contributed by atoms with van der Waals surface area (Å²) in [6.07, 6.45) is 11.3. The van der Waals surface area contributed by atoms with E-state index in [1.54, 1.807) is 0 Å². The normalized spacial score (nSPS) is 28.9. The Balaban J connectivity index is 1.98. The maximum atomic E-state index is 13.3. The Kier molecular flexibility index (Phi) is 4.20. The smallest absolute Gasteiger partial charge is 0.101 e. The van der Waals surface area contributed by atoms with Crippen LogP contribution in [0.25, 0.3) is 0 Å². The topological polar surface area (TPSA) is 23.8 Å². The van der Waals surface area contributed by atoms with Crippen molar-refractivity contribution in [3.63, 3.8) is 0 Å². The van der Waals surface area contributed by atoms with Crippen LogP contribution in [0.4, 0.5) is 4.39 Å². The van der Waals surface area contributed by atoms with Gasteiger partial charge in [-0.1, -0.05) is 30.9 Å². The van der Waals surface area contributed by atoms with Crippen LogP contribution >= 0.6 is 0 Å². The van der Waals surface area contributed by atoms with E-state index in [0.717, 1.165) is 32.1 Å². The molecule has 0 aromatic heterocycles. The number of nitriles is 1. The van der Waals surface area contributed by atoms with E-state index in [1.165, 1.54) is 24.8 Å². The molecule has 0 amide bonds. The number of nitrogens with zero attached hydrogens (tertiary/aromatic N) is 1. The minimum absolute atomic E-state index is 0.125. The van der Waals surface area contributed by atoms with Crippen LogP contribution in [0.15, 0.2) is 11.6 Å². The summed E-state index contributed by atoms with van der Waals surface area (Å²) in [6.45, 7) is 0. The van der Waals surface area contributed by atoms with E-state index in [-0.39, 0.29) is 5.41 Å². The number of hydrogen-bond donors (Lipinski definition) is 0. The average Bonchev–Trinajstić information content (AvgIpc) is 2.56. The van der Waals surface area contributed by atoms with Gasteiger partial charge in [-0.15, -0.1) is 0 Å². The highest BCUT2D eigenvalue weighted by atomic mass is 19.1. The quantitative estimate of drug-likeness (QED) is 0.637. The highest BCUT2D eigenvalue weighted by molar-refractivity contribution is 5.14. The van der Waals surface area contributed by atoms with Gasteiger partial charge in [0.15, 0.2) is 0 Å². The Labute approximate surface area is 104 Å². The fraction of sp³-hybridized carbons (Fsp3) is 0.800. The molecule has 1 atom stereocenters. The van der Waals surface area contributed by atoms with Gasteiger partial charge in [-0.05, 0) is 44.9 Å². The monoisotopic (exact) mass is 235 g/mol. The molecule has 1 fully saturated rings. The van der Waals surface area contributed by atoms with Crippen LogP contribution in [-0.2, 0) is 0 Å². The molecule has 2 rings (SSSR count). The lowest BCUT2D eigenvalue weighted by Gasteiger charge is -2.31. The highest BCUT2D eigenvalue weighted by Crippen LogP contribution is 2.42. The minimum atomic E-state index is -0.631. The summed E-state index contributed by atoms with van der Waals surface area (Å²) in [7, 11) is 0. The second-order valence-corrected chi connectivity index (χ2v) is 5.71. The Morgan fingerprint density at radius 3 is 2.76 bits per heavy atom. The standard InChI is InChI=1S/C15H22FN/c16-14-6-4-5-13(7-8-14)11-15(12-17)9-2-1-3-10-15/h5,14H,1-4,6-11H2. The molecule has 0 aromatic rings. The summed E-state index contributed by atoms with van der Waals surface area (Å²) in [5.74, 6) is 0. The molecule has 1 unspecified atom stereocenters. The highest BCUT2D eigenvalue weighted by Gasteiger charge is 2.33. The van der Waals surface area contributed by atoms with Gasteiger partial charge in [0.05, 0.1) is 11.5 Å². The molecule has 0 bridgehead atoms. The first-order valence-corrected chi connectivity index (χ1v) is 6.97. The van der Waals surface area contributed by atoms with E-state index >= 15 is 0 Å². The molecule has 0 spiro atoms. The molecule has 94 valence electrons. The van der Waals surface area contributed by atoms with Gasteiger partial charge in [0, 0.05) is 0 Å². The van der Waals surface area contributed by atoms with E-state index in [2.05, 4.69) is 12.1 Å². The van der Waals surface area contributed by atoms with Gasteiger partial charge in [-0.3, -0.25) is 0 Å².